The Morgan fingerprint density at radius 3 is 2.43 bits per heavy atom. The number of nitrogens with one attached hydrogen (secondary N) is 1. The second-order valence-corrected chi connectivity index (χ2v) is 6.44. The molecule has 0 radical (unpaired) electrons. The van der Waals surface area contributed by atoms with E-state index in [1.54, 1.807) is 0 Å². The van der Waals surface area contributed by atoms with Crippen LogP contribution in [0.25, 0.3) is 0 Å². The predicted octanol–water partition coefficient (Wildman–Crippen LogP) is 3.96. The molecule has 1 aromatic rings. The minimum atomic E-state index is -4.61. The van der Waals surface area contributed by atoms with E-state index in [0.717, 1.165) is 32.0 Å². The van der Waals surface area contributed by atoms with Crippen LogP contribution in [0.3, 0.4) is 0 Å². The van der Waals surface area contributed by atoms with Crippen molar-refractivity contribution in [3.8, 4) is 0 Å². The van der Waals surface area contributed by atoms with E-state index in [0.29, 0.717) is 6.04 Å². The van der Waals surface area contributed by atoms with Crippen LogP contribution in [0.15, 0.2) is 18.2 Å². The van der Waals surface area contributed by atoms with Crippen LogP contribution < -0.4 is 5.32 Å². The minimum absolute atomic E-state index is 0.130. The molecule has 1 saturated heterocycles. The highest BCUT2D eigenvalue weighted by atomic mass is 35.5. The van der Waals surface area contributed by atoms with Gasteiger partial charge < -0.3 is 10.2 Å². The quantitative estimate of drug-likeness (QED) is 0.896. The number of likely N-dealkylation sites (tertiary alicyclic amines) is 1. The number of carbonyl (C=O) groups excluding carboxylic acids is 1. The number of rotatable bonds is 3. The maximum absolute atomic E-state index is 13.1. The lowest BCUT2D eigenvalue weighted by atomic mass is 10.0. The van der Waals surface area contributed by atoms with E-state index in [1.165, 1.54) is 12.1 Å². The first kappa shape index (κ1) is 18.1. The smallest absolute Gasteiger partial charge is 0.349 e. The van der Waals surface area contributed by atoms with Crippen molar-refractivity contribution in [2.24, 2.45) is 0 Å². The van der Waals surface area contributed by atoms with Crippen molar-refractivity contribution in [2.75, 3.05) is 13.1 Å². The third kappa shape index (κ3) is 4.38. The molecule has 1 N–H and O–H groups in total. The molecule has 0 spiro atoms. The fraction of sp³-hybridized carbons (Fsp3) is 0.562. The molecule has 0 saturated carbocycles. The van der Waals surface area contributed by atoms with Crippen molar-refractivity contribution in [1.29, 1.82) is 0 Å². The number of amides is 1. The summed E-state index contributed by atoms with van der Waals surface area (Å²) in [6.07, 6.45) is -3.18. The molecule has 0 aromatic heterocycles. The highest BCUT2D eigenvalue weighted by Gasteiger charge is 2.36. The van der Waals surface area contributed by atoms with Crippen molar-refractivity contribution in [3.05, 3.63) is 34.3 Å². The average molecular weight is 349 g/mol. The molecule has 23 heavy (non-hydrogen) atoms. The van der Waals surface area contributed by atoms with Crippen LogP contribution in [0, 0.1) is 0 Å². The van der Waals surface area contributed by atoms with Crippen LogP contribution >= 0.6 is 11.6 Å². The summed E-state index contributed by atoms with van der Waals surface area (Å²) < 4.78 is 39.2. The molecule has 0 bridgehead atoms. The number of alkyl halides is 3. The maximum atomic E-state index is 13.1. The standard InChI is InChI=1S/C16H20ClF3N2O/c1-10(2)22-8-6-11(7-9-22)21-15(23)14-12(16(18,19)20)4-3-5-13(14)17/h3-5,10-11H,6-9H2,1-2H3,(H,21,23). The predicted molar refractivity (Wildman–Crippen MR) is 83.7 cm³/mol. The summed E-state index contributed by atoms with van der Waals surface area (Å²) in [5.74, 6) is -0.758. The van der Waals surface area contributed by atoms with Gasteiger partial charge in [0.2, 0.25) is 0 Å². The number of carbonyl (C=O) groups is 1. The lowest BCUT2D eigenvalue weighted by Crippen LogP contribution is -2.46. The van der Waals surface area contributed by atoms with Gasteiger partial charge in [-0.15, -0.1) is 0 Å². The largest absolute Gasteiger partial charge is 0.417 e. The average Bonchev–Trinajstić information content (AvgIpc) is 2.46. The molecule has 3 nitrogen and oxygen atoms in total. The van der Waals surface area contributed by atoms with E-state index in [-0.39, 0.29) is 11.1 Å². The van der Waals surface area contributed by atoms with E-state index in [1.807, 2.05) is 0 Å². The van der Waals surface area contributed by atoms with Crippen LogP contribution in [0.1, 0.15) is 42.6 Å². The van der Waals surface area contributed by atoms with Gasteiger partial charge in [-0.3, -0.25) is 4.79 Å². The highest BCUT2D eigenvalue weighted by molar-refractivity contribution is 6.34. The zero-order valence-corrected chi connectivity index (χ0v) is 13.8. The molecule has 0 unspecified atom stereocenters. The van der Waals surface area contributed by atoms with E-state index < -0.39 is 23.2 Å². The number of halogens is 4. The maximum Gasteiger partial charge on any atom is 0.417 e. The first-order valence-corrected chi connectivity index (χ1v) is 7.98. The Morgan fingerprint density at radius 2 is 1.91 bits per heavy atom. The molecule has 1 aliphatic rings. The van der Waals surface area contributed by atoms with Gasteiger partial charge in [-0.05, 0) is 38.8 Å². The second kappa shape index (κ2) is 7.09. The molecular formula is C16H20ClF3N2O. The second-order valence-electron chi connectivity index (χ2n) is 6.04. The number of hydrogen-bond donors (Lipinski definition) is 1. The molecular weight excluding hydrogens is 329 g/mol. The summed E-state index contributed by atoms with van der Waals surface area (Å²) >= 11 is 5.84. The molecule has 1 aliphatic heterocycles. The molecule has 7 heteroatoms. The van der Waals surface area contributed by atoms with Crippen LogP contribution in [-0.4, -0.2) is 36.0 Å². The van der Waals surface area contributed by atoms with E-state index in [2.05, 4.69) is 24.1 Å². The van der Waals surface area contributed by atoms with Gasteiger partial charge in [0.15, 0.2) is 0 Å². The fourth-order valence-corrected chi connectivity index (χ4v) is 3.07. The normalized spacial score (nSPS) is 17.5. The first-order chi connectivity index (χ1) is 10.7. The van der Waals surface area contributed by atoms with Crippen LogP contribution in [0.4, 0.5) is 13.2 Å². The van der Waals surface area contributed by atoms with E-state index in [9.17, 15) is 18.0 Å². The van der Waals surface area contributed by atoms with Gasteiger partial charge >= 0.3 is 6.18 Å². The monoisotopic (exact) mass is 348 g/mol. The van der Waals surface area contributed by atoms with Gasteiger partial charge in [-0.1, -0.05) is 17.7 Å². The first-order valence-electron chi connectivity index (χ1n) is 7.60. The molecule has 1 fully saturated rings. The fourth-order valence-electron chi connectivity index (χ4n) is 2.81. The van der Waals surface area contributed by atoms with Crippen molar-refractivity contribution in [3.63, 3.8) is 0 Å². The lowest BCUT2D eigenvalue weighted by molar-refractivity contribution is -0.137. The van der Waals surface area contributed by atoms with E-state index >= 15 is 0 Å². The molecule has 0 aliphatic carbocycles. The Labute approximate surface area is 138 Å². The highest BCUT2D eigenvalue weighted by Crippen LogP contribution is 2.35. The lowest BCUT2D eigenvalue weighted by Gasteiger charge is -2.35. The molecule has 128 valence electrons. The van der Waals surface area contributed by atoms with Gasteiger partial charge in [-0.2, -0.15) is 13.2 Å². The Kier molecular flexibility index (Phi) is 5.57. The van der Waals surface area contributed by atoms with Gasteiger partial charge in [0.05, 0.1) is 16.1 Å². The third-order valence-corrected chi connectivity index (χ3v) is 4.46. The van der Waals surface area contributed by atoms with Crippen LogP contribution in [0.5, 0.6) is 0 Å². The summed E-state index contributed by atoms with van der Waals surface area (Å²) in [5.41, 5.74) is -1.49. The van der Waals surface area contributed by atoms with Gasteiger partial charge in [0.25, 0.3) is 5.91 Å². The van der Waals surface area contributed by atoms with Gasteiger partial charge in [0.1, 0.15) is 0 Å². The Bertz CT molecular complexity index is 567. The van der Waals surface area contributed by atoms with Crippen molar-refractivity contribution in [2.45, 2.75) is 44.9 Å². The van der Waals surface area contributed by atoms with Crippen LogP contribution in [-0.2, 0) is 6.18 Å². The Hall–Kier alpha value is -1.27. The Balaban J connectivity index is 2.11. The van der Waals surface area contributed by atoms with E-state index in [4.69, 9.17) is 11.6 Å². The summed E-state index contributed by atoms with van der Waals surface area (Å²) in [4.78, 5) is 14.6. The summed E-state index contributed by atoms with van der Waals surface area (Å²) in [6, 6.07) is 3.67. The summed E-state index contributed by atoms with van der Waals surface area (Å²) in [5, 5.41) is 2.51. The molecule has 1 heterocycles. The van der Waals surface area contributed by atoms with Crippen molar-refractivity contribution < 1.29 is 18.0 Å². The van der Waals surface area contributed by atoms with Gasteiger partial charge in [-0.25, -0.2) is 0 Å². The summed E-state index contributed by atoms with van der Waals surface area (Å²) in [6.45, 7) is 5.82. The number of piperidine rings is 1. The number of hydrogen-bond acceptors (Lipinski definition) is 2. The third-order valence-electron chi connectivity index (χ3n) is 4.14. The zero-order chi connectivity index (χ0) is 17.2. The van der Waals surface area contributed by atoms with Gasteiger partial charge in [0, 0.05) is 25.2 Å². The topological polar surface area (TPSA) is 32.3 Å². The molecule has 2 rings (SSSR count). The SMILES string of the molecule is CC(C)N1CCC(NC(=O)c2c(Cl)cccc2C(F)(F)F)CC1. The number of benzene rings is 1. The minimum Gasteiger partial charge on any atom is -0.349 e. The molecule has 1 amide bonds. The molecule has 1 aromatic carbocycles. The summed E-state index contributed by atoms with van der Waals surface area (Å²) in [7, 11) is 0. The number of nitrogens with zero attached hydrogens (tertiary/aromatic N) is 1. The zero-order valence-electron chi connectivity index (χ0n) is 13.1. The van der Waals surface area contributed by atoms with Crippen LogP contribution in [0.2, 0.25) is 5.02 Å². The Morgan fingerprint density at radius 1 is 1.30 bits per heavy atom. The van der Waals surface area contributed by atoms with Crippen molar-refractivity contribution in [1.82, 2.24) is 10.2 Å². The van der Waals surface area contributed by atoms with Crippen molar-refractivity contribution >= 4 is 17.5 Å². The molecule has 0 atom stereocenters.